The van der Waals surface area contributed by atoms with Gasteiger partial charge in [0.2, 0.25) is 0 Å². The Labute approximate surface area is 117 Å². The summed E-state index contributed by atoms with van der Waals surface area (Å²) in [7, 11) is 3.86. The molecule has 0 radical (unpaired) electrons. The Hall–Kier alpha value is -2.63. The first kappa shape index (κ1) is 12.4. The molecule has 0 aromatic carbocycles. The molecule has 0 fully saturated rings. The average molecular weight is 268 g/mol. The Morgan fingerprint density at radius 3 is 3.00 bits per heavy atom. The Kier molecular flexibility index (Phi) is 3.20. The van der Waals surface area contributed by atoms with Crippen molar-refractivity contribution in [1.82, 2.24) is 19.4 Å². The fraction of sp³-hybridized carbons (Fsp3) is 0.214. The molecule has 3 heterocycles. The maximum atomic E-state index is 4.60. The SMILES string of the molecule is CNc1cn2ccnc2c(N(C)Cc2cccnc2)n1. The van der Waals surface area contributed by atoms with Crippen LogP contribution in [-0.2, 0) is 6.54 Å². The molecule has 0 amide bonds. The fourth-order valence-corrected chi connectivity index (χ4v) is 2.13. The van der Waals surface area contributed by atoms with E-state index in [4.69, 9.17) is 0 Å². The van der Waals surface area contributed by atoms with Gasteiger partial charge in [0, 0.05) is 45.4 Å². The second-order valence-corrected chi connectivity index (χ2v) is 4.58. The van der Waals surface area contributed by atoms with E-state index in [-0.39, 0.29) is 0 Å². The lowest BCUT2D eigenvalue weighted by Crippen LogP contribution is -2.19. The Balaban J connectivity index is 1.98. The lowest BCUT2D eigenvalue weighted by atomic mass is 10.3. The monoisotopic (exact) mass is 268 g/mol. The number of aromatic nitrogens is 4. The molecule has 0 aliphatic rings. The minimum absolute atomic E-state index is 0.733. The van der Waals surface area contributed by atoms with Gasteiger partial charge in [-0.05, 0) is 11.6 Å². The number of anilines is 2. The van der Waals surface area contributed by atoms with E-state index >= 15 is 0 Å². The molecule has 3 aromatic rings. The van der Waals surface area contributed by atoms with Crippen LogP contribution in [0.15, 0.2) is 43.1 Å². The molecule has 0 spiro atoms. The van der Waals surface area contributed by atoms with E-state index in [2.05, 4.69) is 25.2 Å². The first-order chi connectivity index (χ1) is 9.78. The average Bonchev–Trinajstić information content (AvgIpc) is 2.95. The van der Waals surface area contributed by atoms with Crippen molar-refractivity contribution in [3.8, 4) is 0 Å². The lowest BCUT2D eigenvalue weighted by molar-refractivity contribution is 0.887. The van der Waals surface area contributed by atoms with E-state index in [1.54, 1.807) is 12.4 Å². The largest absolute Gasteiger partial charge is 0.372 e. The Morgan fingerprint density at radius 2 is 2.25 bits per heavy atom. The van der Waals surface area contributed by atoms with Crippen molar-refractivity contribution in [2.75, 3.05) is 24.3 Å². The molecule has 20 heavy (non-hydrogen) atoms. The van der Waals surface area contributed by atoms with Crippen LogP contribution in [-0.4, -0.2) is 33.4 Å². The highest BCUT2D eigenvalue weighted by Crippen LogP contribution is 2.20. The number of imidazole rings is 1. The van der Waals surface area contributed by atoms with E-state index in [9.17, 15) is 0 Å². The molecule has 6 nitrogen and oxygen atoms in total. The molecule has 6 heteroatoms. The van der Waals surface area contributed by atoms with Gasteiger partial charge in [-0.15, -0.1) is 0 Å². The van der Waals surface area contributed by atoms with Crippen LogP contribution in [0.5, 0.6) is 0 Å². The van der Waals surface area contributed by atoms with Crippen molar-refractivity contribution in [2.24, 2.45) is 0 Å². The van der Waals surface area contributed by atoms with Gasteiger partial charge in [-0.25, -0.2) is 9.97 Å². The third-order valence-electron chi connectivity index (χ3n) is 3.12. The number of fused-ring (bicyclic) bond motifs is 1. The summed E-state index contributed by atoms with van der Waals surface area (Å²) in [6.45, 7) is 0.733. The molecule has 0 unspecified atom stereocenters. The standard InChI is InChI=1S/C14H16N6/c1-15-12-10-20-7-6-17-13(20)14(18-12)19(2)9-11-4-3-5-16-8-11/h3-8,10,15H,9H2,1-2H3. The predicted octanol–water partition coefficient (Wildman–Crippen LogP) is 1.80. The second-order valence-electron chi connectivity index (χ2n) is 4.58. The summed E-state index contributed by atoms with van der Waals surface area (Å²) >= 11 is 0. The second kappa shape index (κ2) is 5.16. The number of rotatable bonds is 4. The van der Waals surface area contributed by atoms with Crippen molar-refractivity contribution < 1.29 is 0 Å². The summed E-state index contributed by atoms with van der Waals surface area (Å²) in [6, 6.07) is 3.99. The zero-order valence-electron chi connectivity index (χ0n) is 11.5. The number of hydrogen-bond donors (Lipinski definition) is 1. The van der Waals surface area contributed by atoms with Crippen LogP contribution < -0.4 is 10.2 Å². The summed E-state index contributed by atoms with van der Waals surface area (Å²) < 4.78 is 1.97. The van der Waals surface area contributed by atoms with Gasteiger partial charge in [-0.1, -0.05) is 6.07 Å². The summed E-state index contributed by atoms with van der Waals surface area (Å²) in [5.41, 5.74) is 1.98. The molecule has 0 saturated heterocycles. The van der Waals surface area contributed by atoms with Crippen molar-refractivity contribution in [2.45, 2.75) is 6.54 Å². The first-order valence-electron chi connectivity index (χ1n) is 6.39. The van der Waals surface area contributed by atoms with Crippen LogP contribution in [0.25, 0.3) is 5.65 Å². The van der Waals surface area contributed by atoms with Crippen LogP contribution >= 0.6 is 0 Å². The number of hydrogen-bond acceptors (Lipinski definition) is 5. The van der Waals surface area contributed by atoms with E-state index < -0.39 is 0 Å². The van der Waals surface area contributed by atoms with Crippen LogP contribution in [0.2, 0.25) is 0 Å². The van der Waals surface area contributed by atoms with Gasteiger partial charge < -0.3 is 14.6 Å². The quantitative estimate of drug-likeness (QED) is 0.782. The maximum absolute atomic E-state index is 4.60. The highest BCUT2D eigenvalue weighted by molar-refractivity contribution is 5.66. The van der Waals surface area contributed by atoms with Crippen LogP contribution in [0, 0.1) is 0 Å². The maximum Gasteiger partial charge on any atom is 0.180 e. The van der Waals surface area contributed by atoms with Gasteiger partial charge in [0.1, 0.15) is 5.82 Å². The molecule has 0 bridgehead atoms. The Bertz CT molecular complexity index is 706. The molecule has 0 atom stereocenters. The molecular weight excluding hydrogens is 252 g/mol. The molecular formula is C14H16N6. The Morgan fingerprint density at radius 1 is 1.35 bits per heavy atom. The summed E-state index contributed by atoms with van der Waals surface area (Å²) in [5.74, 6) is 1.65. The van der Waals surface area contributed by atoms with Crippen molar-refractivity contribution in [3.63, 3.8) is 0 Å². The number of pyridine rings is 1. The molecule has 0 saturated carbocycles. The molecule has 1 N–H and O–H groups in total. The van der Waals surface area contributed by atoms with Crippen molar-refractivity contribution >= 4 is 17.3 Å². The molecule has 3 aromatic heterocycles. The van der Waals surface area contributed by atoms with E-state index in [0.717, 1.165) is 29.4 Å². The first-order valence-corrected chi connectivity index (χ1v) is 6.39. The smallest absolute Gasteiger partial charge is 0.180 e. The van der Waals surface area contributed by atoms with E-state index in [0.29, 0.717) is 0 Å². The van der Waals surface area contributed by atoms with Crippen LogP contribution in [0.1, 0.15) is 5.56 Å². The number of nitrogens with one attached hydrogen (secondary N) is 1. The van der Waals surface area contributed by atoms with Gasteiger partial charge in [0.15, 0.2) is 11.5 Å². The van der Waals surface area contributed by atoms with Crippen LogP contribution in [0.3, 0.4) is 0 Å². The van der Waals surface area contributed by atoms with E-state index in [1.807, 2.05) is 49.2 Å². The van der Waals surface area contributed by atoms with Gasteiger partial charge >= 0.3 is 0 Å². The van der Waals surface area contributed by atoms with Crippen LogP contribution in [0.4, 0.5) is 11.6 Å². The van der Waals surface area contributed by atoms with Crippen molar-refractivity contribution in [1.29, 1.82) is 0 Å². The van der Waals surface area contributed by atoms with Gasteiger partial charge in [0.25, 0.3) is 0 Å². The summed E-state index contributed by atoms with van der Waals surface area (Å²) in [6.07, 6.45) is 9.25. The number of nitrogens with zero attached hydrogens (tertiary/aromatic N) is 5. The highest BCUT2D eigenvalue weighted by Gasteiger charge is 2.12. The van der Waals surface area contributed by atoms with E-state index in [1.165, 1.54) is 0 Å². The lowest BCUT2D eigenvalue weighted by Gasteiger charge is -2.19. The normalized spacial score (nSPS) is 10.7. The van der Waals surface area contributed by atoms with Gasteiger partial charge in [-0.3, -0.25) is 4.98 Å². The third-order valence-corrected chi connectivity index (χ3v) is 3.12. The minimum atomic E-state index is 0.733. The zero-order chi connectivity index (χ0) is 13.9. The van der Waals surface area contributed by atoms with Gasteiger partial charge in [-0.2, -0.15) is 0 Å². The van der Waals surface area contributed by atoms with Gasteiger partial charge in [0.05, 0.1) is 6.20 Å². The highest BCUT2D eigenvalue weighted by atomic mass is 15.2. The molecule has 102 valence electrons. The summed E-state index contributed by atoms with van der Waals surface area (Å²) in [5, 5.41) is 3.07. The summed E-state index contributed by atoms with van der Waals surface area (Å²) in [4.78, 5) is 15.2. The molecule has 3 rings (SSSR count). The molecule has 0 aliphatic carbocycles. The topological polar surface area (TPSA) is 58.4 Å². The predicted molar refractivity (Wildman–Crippen MR) is 78.9 cm³/mol. The molecule has 0 aliphatic heterocycles. The zero-order valence-corrected chi connectivity index (χ0v) is 11.5. The minimum Gasteiger partial charge on any atom is -0.372 e. The van der Waals surface area contributed by atoms with Crippen molar-refractivity contribution in [3.05, 3.63) is 48.7 Å². The fourth-order valence-electron chi connectivity index (χ4n) is 2.13. The third kappa shape index (κ3) is 2.27.